The van der Waals surface area contributed by atoms with Gasteiger partial charge in [-0.3, -0.25) is 4.99 Å². The van der Waals surface area contributed by atoms with Crippen molar-refractivity contribution in [3.63, 3.8) is 0 Å². The second-order valence-electron chi connectivity index (χ2n) is 6.29. The Labute approximate surface area is 155 Å². The van der Waals surface area contributed by atoms with Gasteiger partial charge in [0.15, 0.2) is 15.8 Å². The number of hydrogen-bond donors (Lipinski definition) is 2. The largest absolute Gasteiger partial charge is 0.357 e. The maximum atomic E-state index is 13.7. The molecule has 0 unspecified atom stereocenters. The average Bonchev–Trinajstić information content (AvgIpc) is 2.63. The molecule has 2 rings (SSSR count). The third-order valence-electron chi connectivity index (χ3n) is 4.27. The lowest BCUT2D eigenvalue weighted by molar-refractivity contribution is 0.567. The molecule has 26 heavy (non-hydrogen) atoms. The van der Waals surface area contributed by atoms with Gasteiger partial charge >= 0.3 is 0 Å². The van der Waals surface area contributed by atoms with Crippen molar-refractivity contribution in [1.82, 2.24) is 10.6 Å². The summed E-state index contributed by atoms with van der Waals surface area (Å²) in [6.07, 6.45) is 8.15. The van der Waals surface area contributed by atoms with Crippen LogP contribution in [0.4, 0.5) is 4.39 Å². The molecular weight excluding hydrogens is 353 g/mol. The number of rotatable bonds is 8. The molecule has 0 amide bonds. The molecule has 0 saturated heterocycles. The number of benzene rings is 1. The van der Waals surface area contributed by atoms with Gasteiger partial charge in [0.2, 0.25) is 0 Å². The van der Waals surface area contributed by atoms with Crippen molar-refractivity contribution in [3.8, 4) is 0 Å². The van der Waals surface area contributed by atoms with Crippen molar-refractivity contribution in [1.29, 1.82) is 0 Å². The summed E-state index contributed by atoms with van der Waals surface area (Å²) in [5.41, 5.74) is 1.47. The summed E-state index contributed by atoms with van der Waals surface area (Å²) in [7, 11) is -3.69. The van der Waals surface area contributed by atoms with Crippen LogP contribution in [0.25, 0.3) is 0 Å². The van der Waals surface area contributed by atoms with Gasteiger partial charge in [-0.15, -0.1) is 0 Å². The third kappa shape index (κ3) is 6.44. The molecule has 5 nitrogen and oxygen atoms in total. The van der Waals surface area contributed by atoms with Crippen molar-refractivity contribution in [2.24, 2.45) is 4.99 Å². The Bertz CT molecular complexity index is 745. The Balaban J connectivity index is 1.87. The van der Waals surface area contributed by atoms with E-state index >= 15 is 0 Å². The number of sulfone groups is 1. The Morgan fingerprint density at radius 2 is 2.04 bits per heavy atom. The first kappa shape index (κ1) is 20.4. The topological polar surface area (TPSA) is 70.6 Å². The number of nitrogens with zero attached hydrogens (tertiary/aromatic N) is 1. The van der Waals surface area contributed by atoms with Gasteiger partial charge in [-0.1, -0.05) is 23.8 Å². The van der Waals surface area contributed by atoms with Gasteiger partial charge in [0.1, 0.15) is 10.7 Å². The van der Waals surface area contributed by atoms with Crippen LogP contribution in [0.3, 0.4) is 0 Å². The normalized spacial score (nSPS) is 15.5. The minimum absolute atomic E-state index is 0.0781. The van der Waals surface area contributed by atoms with E-state index in [9.17, 15) is 12.8 Å². The number of aliphatic imine (C=N–C) groups is 1. The smallest absolute Gasteiger partial charge is 0.191 e. The van der Waals surface area contributed by atoms with Crippen molar-refractivity contribution >= 4 is 15.8 Å². The molecule has 1 aromatic rings. The average molecular weight is 382 g/mol. The fourth-order valence-corrected chi connectivity index (χ4v) is 4.10. The molecule has 0 bridgehead atoms. The van der Waals surface area contributed by atoms with Gasteiger partial charge in [0.05, 0.1) is 12.3 Å². The van der Waals surface area contributed by atoms with Crippen LogP contribution >= 0.6 is 0 Å². The van der Waals surface area contributed by atoms with Gasteiger partial charge in [-0.2, -0.15) is 0 Å². The lowest BCUT2D eigenvalue weighted by Crippen LogP contribution is -2.38. The number of halogens is 1. The molecule has 2 N–H and O–H groups in total. The van der Waals surface area contributed by atoms with Crippen LogP contribution in [0.15, 0.2) is 45.8 Å². The lowest BCUT2D eigenvalue weighted by atomic mass is 9.97. The number of guanidine groups is 1. The molecule has 0 heterocycles. The fourth-order valence-electron chi connectivity index (χ4n) is 2.90. The zero-order valence-electron chi connectivity index (χ0n) is 15.3. The Hall–Kier alpha value is -1.89. The van der Waals surface area contributed by atoms with Crippen LogP contribution < -0.4 is 10.6 Å². The third-order valence-corrected chi connectivity index (χ3v) is 5.99. The zero-order chi connectivity index (χ0) is 18.8. The molecular formula is C19H28FN3O2S. The van der Waals surface area contributed by atoms with E-state index < -0.39 is 15.7 Å². The van der Waals surface area contributed by atoms with E-state index in [1.54, 1.807) is 0 Å². The van der Waals surface area contributed by atoms with Gasteiger partial charge < -0.3 is 10.6 Å². The van der Waals surface area contributed by atoms with Gasteiger partial charge in [0, 0.05) is 13.1 Å². The Kier molecular flexibility index (Phi) is 8.09. The molecule has 0 fully saturated rings. The summed E-state index contributed by atoms with van der Waals surface area (Å²) >= 11 is 0. The highest BCUT2D eigenvalue weighted by Gasteiger charge is 2.18. The van der Waals surface area contributed by atoms with Gasteiger partial charge in [0.25, 0.3) is 0 Å². The Morgan fingerprint density at radius 3 is 2.73 bits per heavy atom. The summed E-state index contributed by atoms with van der Waals surface area (Å²) in [5.74, 6) is -0.356. The minimum Gasteiger partial charge on any atom is -0.357 e. The minimum atomic E-state index is -3.69. The molecule has 0 spiro atoms. The van der Waals surface area contributed by atoms with Crippen molar-refractivity contribution in [3.05, 3.63) is 41.7 Å². The standard InChI is InChI=1S/C19H28FN3O2S/c1-2-21-19(22-13-12-16-8-4-3-5-9-16)23-14-15-26(24,25)18-11-7-6-10-17(18)20/h6-8,10-11H,2-5,9,12-15H2,1H3,(H2,21,22,23). The maximum Gasteiger partial charge on any atom is 0.191 e. The van der Waals surface area contributed by atoms with Crippen LogP contribution in [-0.4, -0.2) is 39.8 Å². The van der Waals surface area contributed by atoms with E-state index in [1.807, 2.05) is 6.92 Å². The van der Waals surface area contributed by atoms with E-state index in [2.05, 4.69) is 21.7 Å². The zero-order valence-corrected chi connectivity index (χ0v) is 16.1. The highest BCUT2D eigenvalue weighted by Crippen LogP contribution is 2.19. The van der Waals surface area contributed by atoms with Gasteiger partial charge in [-0.25, -0.2) is 12.8 Å². The molecule has 1 aliphatic rings. The fraction of sp³-hybridized carbons (Fsp3) is 0.526. The molecule has 0 saturated carbocycles. The molecule has 1 aliphatic carbocycles. The van der Waals surface area contributed by atoms with Crippen molar-refractivity contribution < 1.29 is 12.8 Å². The van der Waals surface area contributed by atoms with Crippen molar-refractivity contribution in [2.75, 3.05) is 25.4 Å². The van der Waals surface area contributed by atoms with Crippen molar-refractivity contribution in [2.45, 2.75) is 43.9 Å². The monoisotopic (exact) mass is 381 g/mol. The van der Waals surface area contributed by atoms with Crippen LogP contribution in [0.2, 0.25) is 0 Å². The first-order chi connectivity index (χ1) is 12.5. The van der Waals surface area contributed by atoms with Crippen LogP contribution in [-0.2, 0) is 9.84 Å². The number of hydrogen-bond acceptors (Lipinski definition) is 3. The predicted molar refractivity (Wildman–Crippen MR) is 104 cm³/mol. The Morgan fingerprint density at radius 1 is 1.23 bits per heavy atom. The molecule has 144 valence electrons. The summed E-state index contributed by atoms with van der Waals surface area (Å²) in [6.45, 7) is 3.48. The molecule has 0 radical (unpaired) electrons. The highest BCUT2D eigenvalue weighted by atomic mass is 32.2. The summed E-state index contributed by atoms with van der Waals surface area (Å²) in [4.78, 5) is 4.04. The van der Waals surface area contributed by atoms with E-state index in [0.29, 0.717) is 12.5 Å². The molecule has 7 heteroatoms. The second kappa shape index (κ2) is 10.3. The summed E-state index contributed by atoms with van der Waals surface area (Å²) < 4.78 is 38.2. The summed E-state index contributed by atoms with van der Waals surface area (Å²) in [6, 6.07) is 5.43. The second-order valence-corrected chi connectivity index (χ2v) is 8.37. The molecule has 0 aliphatic heterocycles. The lowest BCUT2D eigenvalue weighted by Gasteiger charge is -2.15. The van der Waals surface area contributed by atoms with E-state index in [4.69, 9.17) is 0 Å². The van der Waals surface area contributed by atoms with E-state index in [1.165, 1.54) is 36.6 Å². The molecule has 0 aromatic heterocycles. The molecule has 0 atom stereocenters. The first-order valence-corrected chi connectivity index (χ1v) is 10.9. The van der Waals surface area contributed by atoms with Crippen LogP contribution in [0.1, 0.15) is 39.0 Å². The van der Waals surface area contributed by atoms with E-state index in [0.717, 1.165) is 31.9 Å². The molecule has 1 aromatic carbocycles. The van der Waals surface area contributed by atoms with Crippen LogP contribution in [0, 0.1) is 5.82 Å². The summed E-state index contributed by atoms with van der Waals surface area (Å²) in [5, 5.41) is 6.34. The SMILES string of the molecule is CCNC(=NCCS(=O)(=O)c1ccccc1F)NCCC1=CCCCC1. The van der Waals surface area contributed by atoms with Gasteiger partial charge in [-0.05, 0) is 51.2 Å². The number of nitrogens with one attached hydrogen (secondary N) is 2. The maximum absolute atomic E-state index is 13.7. The van der Waals surface area contributed by atoms with E-state index in [-0.39, 0.29) is 17.2 Å². The first-order valence-electron chi connectivity index (χ1n) is 9.20. The quantitative estimate of drug-likeness (QED) is 0.412. The predicted octanol–water partition coefficient (Wildman–Crippen LogP) is 3.05. The number of allylic oxidation sites excluding steroid dienone is 1. The van der Waals surface area contributed by atoms with Crippen LogP contribution in [0.5, 0.6) is 0 Å². The highest BCUT2D eigenvalue weighted by molar-refractivity contribution is 7.91.